The molecule has 124 valence electrons. The summed E-state index contributed by atoms with van der Waals surface area (Å²) in [6.45, 7) is 0.176. The lowest BCUT2D eigenvalue weighted by molar-refractivity contribution is 0.380. The highest BCUT2D eigenvalue weighted by Crippen LogP contribution is 2.23. The molecule has 0 saturated heterocycles. The number of anilines is 1. The van der Waals surface area contributed by atoms with Gasteiger partial charge >= 0.3 is 0 Å². The van der Waals surface area contributed by atoms with Crippen LogP contribution in [0.1, 0.15) is 11.1 Å². The first kappa shape index (κ1) is 17.5. The van der Waals surface area contributed by atoms with Crippen LogP contribution in [0.25, 0.3) is 0 Å². The third-order valence-corrected chi connectivity index (χ3v) is 3.35. The van der Waals surface area contributed by atoms with E-state index in [0.29, 0.717) is 0 Å². The molecule has 0 aliphatic rings. The van der Waals surface area contributed by atoms with Gasteiger partial charge in [-0.05, 0) is 36.8 Å². The highest BCUT2D eigenvalue weighted by atomic mass is 32.1. The Morgan fingerprint density at radius 1 is 1.38 bits per heavy atom. The average molecular weight is 349 g/mol. The van der Waals surface area contributed by atoms with Gasteiger partial charge in [0.25, 0.3) is 0 Å². The van der Waals surface area contributed by atoms with Crippen molar-refractivity contribution >= 4 is 23.1 Å². The summed E-state index contributed by atoms with van der Waals surface area (Å²) in [5.41, 5.74) is 0.181. The summed E-state index contributed by atoms with van der Waals surface area (Å²) in [5.74, 6) is -1.21. The lowest BCUT2D eigenvalue weighted by Gasteiger charge is -2.12. The zero-order chi connectivity index (χ0) is 17.5. The van der Waals surface area contributed by atoms with E-state index in [1.165, 1.54) is 25.4 Å². The molecule has 0 aliphatic carbocycles. The zero-order valence-electron chi connectivity index (χ0n) is 12.6. The van der Waals surface area contributed by atoms with E-state index >= 15 is 0 Å². The fourth-order valence-corrected chi connectivity index (χ4v) is 2.13. The number of nitrogens with zero attached hydrogens (tertiary/aromatic N) is 3. The average Bonchev–Trinajstić information content (AvgIpc) is 2.58. The predicted octanol–water partition coefficient (Wildman–Crippen LogP) is 2.16. The van der Waals surface area contributed by atoms with Gasteiger partial charge in [0.1, 0.15) is 11.9 Å². The lowest BCUT2D eigenvalue weighted by Crippen LogP contribution is -2.31. The van der Waals surface area contributed by atoms with E-state index in [1.54, 1.807) is 0 Å². The smallest absolute Gasteiger partial charge is 0.172 e. The summed E-state index contributed by atoms with van der Waals surface area (Å²) in [4.78, 5) is 0. The minimum atomic E-state index is -0.737. The standard InChI is InChI=1S/C15H13F2N5OS/c1-23-12-3-2-11(16)10(13(12)17)5-6-19-15(24)21-14-9(8-18)4-7-20-22-14/h2-4,7H,5-6H2,1H3,(H2,19,21,22,24). The van der Waals surface area contributed by atoms with Gasteiger partial charge in [0.15, 0.2) is 22.5 Å². The number of ether oxygens (including phenoxy) is 1. The summed E-state index contributed by atoms with van der Waals surface area (Å²) in [6, 6.07) is 5.80. The summed E-state index contributed by atoms with van der Waals surface area (Å²) in [5, 5.41) is 22.0. The molecule has 0 radical (unpaired) electrons. The molecule has 0 fully saturated rings. The van der Waals surface area contributed by atoms with Crippen LogP contribution in [0.2, 0.25) is 0 Å². The molecule has 1 heterocycles. The number of nitrogens with one attached hydrogen (secondary N) is 2. The largest absolute Gasteiger partial charge is 0.494 e. The van der Waals surface area contributed by atoms with Crippen molar-refractivity contribution in [1.82, 2.24) is 15.5 Å². The normalized spacial score (nSPS) is 9.92. The van der Waals surface area contributed by atoms with Crippen molar-refractivity contribution in [3.8, 4) is 11.8 Å². The summed E-state index contributed by atoms with van der Waals surface area (Å²) >= 11 is 5.06. The number of hydrogen-bond acceptors (Lipinski definition) is 5. The number of rotatable bonds is 5. The zero-order valence-corrected chi connectivity index (χ0v) is 13.5. The van der Waals surface area contributed by atoms with Crippen LogP contribution in [-0.2, 0) is 6.42 Å². The van der Waals surface area contributed by atoms with Crippen molar-refractivity contribution in [2.75, 3.05) is 19.0 Å². The second-order valence-corrected chi connectivity index (χ2v) is 4.99. The maximum atomic E-state index is 14.0. The molecule has 2 N–H and O–H groups in total. The van der Waals surface area contributed by atoms with Gasteiger partial charge in [0.2, 0.25) is 0 Å². The number of halogens is 2. The molecule has 0 unspecified atom stereocenters. The molecule has 1 aromatic heterocycles. The van der Waals surface area contributed by atoms with Crippen molar-refractivity contribution in [3.63, 3.8) is 0 Å². The van der Waals surface area contributed by atoms with Gasteiger partial charge < -0.3 is 15.4 Å². The van der Waals surface area contributed by atoms with Crippen LogP contribution in [-0.4, -0.2) is 29.0 Å². The maximum Gasteiger partial charge on any atom is 0.172 e. The number of benzene rings is 1. The molecule has 0 spiro atoms. The van der Waals surface area contributed by atoms with E-state index in [1.807, 2.05) is 6.07 Å². The monoisotopic (exact) mass is 349 g/mol. The van der Waals surface area contributed by atoms with E-state index < -0.39 is 11.6 Å². The topological polar surface area (TPSA) is 82.9 Å². The van der Waals surface area contributed by atoms with Crippen molar-refractivity contribution in [2.24, 2.45) is 0 Å². The first-order valence-electron chi connectivity index (χ1n) is 6.84. The number of thiocarbonyl (C=S) groups is 1. The van der Waals surface area contributed by atoms with Crippen LogP contribution in [0.3, 0.4) is 0 Å². The van der Waals surface area contributed by atoms with Gasteiger partial charge in [0.05, 0.1) is 18.9 Å². The molecule has 0 atom stereocenters. The van der Waals surface area contributed by atoms with Crippen molar-refractivity contribution < 1.29 is 13.5 Å². The van der Waals surface area contributed by atoms with Crippen LogP contribution in [0.5, 0.6) is 5.75 Å². The Bertz CT molecular complexity index is 794. The van der Waals surface area contributed by atoms with E-state index in [4.69, 9.17) is 22.2 Å². The molecule has 24 heavy (non-hydrogen) atoms. The van der Waals surface area contributed by atoms with Gasteiger partial charge in [-0.1, -0.05) is 0 Å². The third-order valence-electron chi connectivity index (χ3n) is 3.10. The second-order valence-electron chi connectivity index (χ2n) is 4.58. The van der Waals surface area contributed by atoms with E-state index in [0.717, 1.165) is 6.07 Å². The van der Waals surface area contributed by atoms with Crippen LogP contribution in [0, 0.1) is 23.0 Å². The molecule has 2 rings (SSSR count). The fourth-order valence-electron chi connectivity index (χ4n) is 1.93. The molecule has 9 heteroatoms. The molecule has 0 aliphatic heterocycles. The summed E-state index contributed by atoms with van der Waals surface area (Å²) in [6.07, 6.45) is 1.44. The number of hydrogen-bond donors (Lipinski definition) is 2. The third kappa shape index (κ3) is 4.11. The minimum absolute atomic E-state index is 0.0228. The molecule has 0 saturated carbocycles. The number of nitriles is 1. The SMILES string of the molecule is COc1ccc(F)c(CCNC(=S)Nc2nnccc2C#N)c1F. The maximum absolute atomic E-state index is 14.0. The van der Waals surface area contributed by atoms with Gasteiger partial charge in [-0.2, -0.15) is 10.4 Å². The molecule has 6 nitrogen and oxygen atoms in total. The molecule has 0 amide bonds. The fraction of sp³-hybridized carbons (Fsp3) is 0.200. The Morgan fingerprint density at radius 2 is 2.17 bits per heavy atom. The Hall–Kier alpha value is -2.86. The quantitative estimate of drug-likeness (QED) is 0.801. The molecule has 2 aromatic rings. The summed E-state index contributed by atoms with van der Waals surface area (Å²) < 4.78 is 32.5. The molecular weight excluding hydrogens is 336 g/mol. The van der Waals surface area contributed by atoms with Crippen LogP contribution >= 0.6 is 12.2 Å². The Kier molecular flexibility index (Phi) is 5.92. The van der Waals surface area contributed by atoms with Crippen LogP contribution < -0.4 is 15.4 Å². The minimum Gasteiger partial charge on any atom is -0.494 e. The number of methoxy groups -OCH3 is 1. The first-order chi connectivity index (χ1) is 11.6. The van der Waals surface area contributed by atoms with E-state index in [2.05, 4.69) is 20.8 Å². The Labute approximate surface area is 142 Å². The second kappa shape index (κ2) is 8.12. The predicted molar refractivity (Wildman–Crippen MR) is 87.6 cm³/mol. The molecular formula is C15H13F2N5OS. The van der Waals surface area contributed by atoms with Gasteiger partial charge in [0, 0.05) is 12.1 Å². The Morgan fingerprint density at radius 3 is 2.88 bits per heavy atom. The van der Waals surface area contributed by atoms with E-state index in [-0.39, 0.29) is 40.8 Å². The van der Waals surface area contributed by atoms with Crippen LogP contribution in [0.15, 0.2) is 24.4 Å². The van der Waals surface area contributed by atoms with Gasteiger partial charge in [-0.25, -0.2) is 8.78 Å². The highest BCUT2D eigenvalue weighted by molar-refractivity contribution is 7.80. The lowest BCUT2D eigenvalue weighted by atomic mass is 10.1. The van der Waals surface area contributed by atoms with Gasteiger partial charge in [-0.15, -0.1) is 5.10 Å². The van der Waals surface area contributed by atoms with E-state index in [9.17, 15) is 8.78 Å². The Balaban J connectivity index is 1.95. The molecule has 0 bridgehead atoms. The van der Waals surface area contributed by atoms with Crippen LogP contribution in [0.4, 0.5) is 14.6 Å². The van der Waals surface area contributed by atoms with Crippen molar-refractivity contribution in [2.45, 2.75) is 6.42 Å². The van der Waals surface area contributed by atoms with Gasteiger partial charge in [-0.3, -0.25) is 0 Å². The first-order valence-corrected chi connectivity index (χ1v) is 7.25. The van der Waals surface area contributed by atoms with Crippen molar-refractivity contribution in [3.05, 3.63) is 47.2 Å². The highest BCUT2D eigenvalue weighted by Gasteiger charge is 2.14. The molecule has 1 aromatic carbocycles. The number of aromatic nitrogens is 2. The van der Waals surface area contributed by atoms with Crippen molar-refractivity contribution in [1.29, 1.82) is 5.26 Å². The summed E-state index contributed by atoms with van der Waals surface area (Å²) in [7, 11) is 1.31.